The highest BCUT2D eigenvalue weighted by molar-refractivity contribution is 5.22. The molecule has 2 aliphatic rings. The molecule has 1 aliphatic carbocycles. The van der Waals surface area contributed by atoms with Crippen molar-refractivity contribution in [2.45, 2.75) is 51.6 Å². The zero-order chi connectivity index (χ0) is 11.0. The molecule has 3 nitrogen and oxygen atoms in total. The zero-order valence-electron chi connectivity index (χ0n) is 9.87. The Morgan fingerprint density at radius 1 is 1.19 bits per heavy atom. The highest BCUT2D eigenvalue weighted by Gasteiger charge is 2.23. The molecule has 0 spiro atoms. The van der Waals surface area contributed by atoms with Crippen LogP contribution in [0.3, 0.4) is 0 Å². The molecule has 0 bridgehead atoms. The molecule has 1 aliphatic heterocycles. The van der Waals surface area contributed by atoms with E-state index >= 15 is 0 Å². The first-order chi connectivity index (χ1) is 7.83. The van der Waals surface area contributed by atoms with E-state index in [1.807, 2.05) is 6.20 Å². The SMILES string of the molecule is CC1CCC(c2ncc3c(n2)CNC3)CC1. The molecule has 2 heterocycles. The predicted octanol–water partition coefficient (Wildman–Crippen LogP) is 2.37. The molecule has 1 fully saturated rings. The Hall–Kier alpha value is -0.960. The van der Waals surface area contributed by atoms with Crippen molar-refractivity contribution in [2.75, 3.05) is 0 Å². The van der Waals surface area contributed by atoms with Gasteiger partial charge >= 0.3 is 0 Å². The fourth-order valence-corrected chi connectivity index (χ4v) is 2.79. The van der Waals surface area contributed by atoms with Crippen molar-refractivity contribution in [3.8, 4) is 0 Å². The van der Waals surface area contributed by atoms with Gasteiger partial charge in [0.15, 0.2) is 0 Å². The maximum atomic E-state index is 4.73. The van der Waals surface area contributed by atoms with Crippen LogP contribution in [0, 0.1) is 5.92 Å². The van der Waals surface area contributed by atoms with Crippen LogP contribution >= 0.6 is 0 Å². The number of nitrogens with one attached hydrogen (secondary N) is 1. The molecule has 1 aromatic rings. The summed E-state index contributed by atoms with van der Waals surface area (Å²) in [6.07, 6.45) is 7.24. The minimum atomic E-state index is 0.613. The van der Waals surface area contributed by atoms with Gasteiger partial charge in [-0.15, -0.1) is 0 Å². The summed E-state index contributed by atoms with van der Waals surface area (Å²) in [5, 5.41) is 3.32. The molecule has 1 aromatic heterocycles. The average Bonchev–Trinajstić information content (AvgIpc) is 2.77. The molecule has 16 heavy (non-hydrogen) atoms. The van der Waals surface area contributed by atoms with E-state index in [2.05, 4.69) is 17.2 Å². The third-order valence-corrected chi connectivity index (χ3v) is 3.96. The Labute approximate surface area is 96.7 Å². The van der Waals surface area contributed by atoms with Gasteiger partial charge in [0.05, 0.1) is 5.69 Å². The van der Waals surface area contributed by atoms with Gasteiger partial charge in [0.25, 0.3) is 0 Å². The zero-order valence-corrected chi connectivity index (χ0v) is 9.87. The molecule has 86 valence electrons. The van der Waals surface area contributed by atoms with Crippen molar-refractivity contribution in [3.63, 3.8) is 0 Å². The lowest BCUT2D eigenvalue weighted by Gasteiger charge is -2.25. The Morgan fingerprint density at radius 3 is 2.81 bits per heavy atom. The third kappa shape index (κ3) is 1.84. The normalized spacial score (nSPS) is 29.1. The van der Waals surface area contributed by atoms with Crippen LogP contribution in [-0.4, -0.2) is 9.97 Å². The maximum absolute atomic E-state index is 4.73. The Bertz CT molecular complexity index is 381. The fourth-order valence-electron chi connectivity index (χ4n) is 2.79. The minimum Gasteiger partial charge on any atom is -0.307 e. The number of rotatable bonds is 1. The highest BCUT2D eigenvalue weighted by Crippen LogP contribution is 2.34. The molecule has 1 saturated carbocycles. The van der Waals surface area contributed by atoms with Crippen LogP contribution in [-0.2, 0) is 13.1 Å². The summed E-state index contributed by atoms with van der Waals surface area (Å²) in [4.78, 5) is 9.28. The van der Waals surface area contributed by atoms with Crippen molar-refractivity contribution in [1.82, 2.24) is 15.3 Å². The van der Waals surface area contributed by atoms with Gasteiger partial charge in [0.2, 0.25) is 0 Å². The molecule has 0 amide bonds. The summed E-state index contributed by atoms with van der Waals surface area (Å²) >= 11 is 0. The van der Waals surface area contributed by atoms with E-state index in [4.69, 9.17) is 4.98 Å². The Balaban J connectivity index is 1.79. The third-order valence-electron chi connectivity index (χ3n) is 3.96. The van der Waals surface area contributed by atoms with E-state index in [0.29, 0.717) is 5.92 Å². The van der Waals surface area contributed by atoms with Crippen LogP contribution in [0.15, 0.2) is 6.20 Å². The van der Waals surface area contributed by atoms with Gasteiger partial charge in [0.1, 0.15) is 5.82 Å². The first kappa shape index (κ1) is 10.2. The van der Waals surface area contributed by atoms with Gasteiger partial charge in [-0.3, -0.25) is 0 Å². The van der Waals surface area contributed by atoms with Crippen LogP contribution in [0.2, 0.25) is 0 Å². The number of hydrogen-bond donors (Lipinski definition) is 1. The van der Waals surface area contributed by atoms with Crippen LogP contribution in [0.1, 0.15) is 55.6 Å². The molecule has 0 aromatic carbocycles. The molecule has 0 radical (unpaired) electrons. The first-order valence-corrected chi connectivity index (χ1v) is 6.38. The molecular weight excluding hydrogens is 198 g/mol. The summed E-state index contributed by atoms with van der Waals surface area (Å²) in [5.74, 6) is 2.60. The Kier molecular flexibility index (Phi) is 2.64. The van der Waals surface area contributed by atoms with E-state index in [0.717, 1.165) is 24.8 Å². The van der Waals surface area contributed by atoms with Crippen LogP contribution in [0.5, 0.6) is 0 Å². The van der Waals surface area contributed by atoms with Gasteiger partial charge < -0.3 is 5.32 Å². The monoisotopic (exact) mass is 217 g/mol. The molecule has 0 saturated heterocycles. The van der Waals surface area contributed by atoms with Crippen molar-refractivity contribution in [2.24, 2.45) is 5.92 Å². The van der Waals surface area contributed by atoms with E-state index < -0.39 is 0 Å². The minimum absolute atomic E-state index is 0.613. The summed E-state index contributed by atoms with van der Waals surface area (Å²) in [6, 6.07) is 0. The number of hydrogen-bond acceptors (Lipinski definition) is 3. The lowest BCUT2D eigenvalue weighted by molar-refractivity contribution is 0.339. The van der Waals surface area contributed by atoms with Crippen molar-refractivity contribution in [1.29, 1.82) is 0 Å². The van der Waals surface area contributed by atoms with Gasteiger partial charge in [-0.1, -0.05) is 19.8 Å². The van der Waals surface area contributed by atoms with Crippen molar-refractivity contribution in [3.05, 3.63) is 23.3 Å². The largest absolute Gasteiger partial charge is 0.307 e. The molecule has 3 heteroatoms. The molecule has 0 unspecified atom stereocenters. The van der Waals surface area contributed by atoms with Crippen LogP contribution in [0.25, 0.3) is 0 Å². The van der Waals surface area contributed by atoms with E-state index in [1.165, 1.54) is 36.9 Å². The topological polar surface area (TPSA) is 37.8 Å². The smallest absolute Gasteiger partial charge is 0.131 e. The summed E-state index contributed by atoms with van der Waals surface area (Å²) in [7, 11) is 0. The van der Waals surface area contributed by atoms with Gasteiger partial charge in [-0.25, -0.2) is 9.97 Å². The predicted molar refractivity (Wildman–Crippen MR) is 62.9 cm³/mol. The van der Waals surface area contributed by atoms with E-state index in [-0.39, 0.29) is 0 Å². The quantitative estimate of drug-likeness (QED) is 0.784. The highest BCUT2D eigenvalue weighted by atomic mass is 15.0. The van der Waals surface area contributed by atoms with Crippen molar-refractivity contribution >= 4 is 0 Å². The second-order valence-electron chi connectivity index (χ2n) is 5.26. The number of aromatic nitrogens is 2. The second-order valence-corrected chi connectivity index (χ2v) is 5.26. The second kappa shape index (κ2) is 4.13. The summed E-state index contributed by atoms with van der Waals surface area (Å²) in [6.45, 7) is 4.22. The summed E-state index contributed by atoms with van der Waals surface area (Å²) < 4.78 is 0. The van der Waals surface area contributed by atoms with Gasteiger partial charge in [-0.05, 0) is 18.8 Å². The maximum Gasteiger partial charge on any atom is 0.131 e. The van der Waals surface area contributed by atoms with Crippen LogP contribution in [0.4, 0.5) is 0 Å². The molecule has 0 atom stereocenters. The molecule has 1 N–H and O–H groups in total. The lowest BCUT2D eigenvalue weighted by Crippen LogP contribution is -2.14. The van der Waals surface area contributed by atoms with Gasteiger partial charge in [0, 0.05) is 30.8 Å². The number of nitrogens with zero attached hydrogens (tertiary/aromatic N) is 2. The van der Waals surface area contributed by atoms with Gasteiger partial charge in [-0.2, -0.15) is 0 Å². The standard InChI is InChI=1S/C13H19N3/c1-9-2-4-10(5-3-9)13-15-7-11-6-14-8-12(11)16-13/h7,9-10,14H,2-6,8H2,1H3. The average molecular weight is 217 g/mol. The molecule has 3 rings (SSSR count). The Morgan fingerprint density at radius 2 is 2.00 bits per heavy atom. The van der Waals surface area contributed by atoms with E-state index in [9.17, 15) is 0 Å². The van der Waals surface area contributed by atoms with Crippen LogP contribution < -0.4 is 5.32 Å². The summed E-state index contributed by atoms with van der Waals surface area (Å²) in [5.41, 5.74) is 2.51. The number of fused-ring (bicyclic) bond motifs is 1. The van der Waals surface area contributed by atoms with E-state index in [1.54, 1.807) is 0 Å². The first-order valence-electron chi connectivity index (χ1n) is 6.38. The fraction of sp³-hybridized carbons (Fsp3) is 0.692. The molecular formula is C13H19N3. The lowest BCUT2D eigenvalue weighted by atomic mass is 9.82. The van der Waals surface area contributed by atoms with Crippen molar-refractivity contribution < 1.29 is 0 Å².